The predicted octanol–water partition coefficient (Wildman–Crippen LogP) is 3.29. The van der Waals surface area contributed by atoms with Crippen molar-refractivity contribution in [3.05, 3.63) is 29.8 Å². The summed E-state index contributed by atoms with van der Waals surface area (Å²) in [5.74, 6) is 0.00819. The van der Waals surface area contributed by atoms with Crippen LogP contribution in [0.3, 0.4) is 0 Å². The Bertz CT molecular complexity index is 437. The zero-order valence-corrected chi connectivity index (χ0v) is 15.5. The number of anilines is 1. The number of hydrogen-bond donors (Lipinski definition) is 2. The van der Waals surface area contributed by atoms with Gasteiger partial charge in [-0.15, -0.1) is 24.8 Å². The third kappa shape index (κ3) is 7.45. The Kier molecular flexibility index (Phi) is 12.5. The summed E-state index contributed by atoms with van der Waals surface area (Å²) >= 11 is 0. The maximum Gasteiger partial charge on any atom is 0.241 e. The first kappa shape index (κ1) is 23.5. The molecule has 1 aromatic carbocycles. The van der Waals surface area contributed by atoms with Gasteiger partial charge in [0.15, 0.2) is 0 Å². The maximum absolute atomic E-state index is 12.0. The normalized spacial score (nSPS) is 11.6. The fourth-order valence-electron chi connectivity index (χ4n) is 1.98. The number of nitrogens with zero attached hydrogens (tertiary/aromatic N) is 1. The van der Waals surface area contributed by atoms with E-state index in [-0.39, 0.29) is 36.6 Å². The number of carbonyl (C=O) groups is 1. The van der Waals surface area contributed by atoms with Gasteiger partial charge in [-0.1, -0.05) is 39.8 Å². The quantitative estimate of drug-likeness (QED) is 0.793. The van der Waals surface area contributed by atoms with Crippen LogP contribution < -0.4 is 11.1 Å². The molecule has 0 fully saturated rings. The van der Waals surface area contributed by atoms with Gasteiger partial charge in [-0.25, -0.2) is 0 Å². The predicted molar refractivity (Wildman–Crippen MR) is 99.0 cm³/mol. The van der Waals surface area contributed by atoms with Crippen LogP contribution in [0.1, 0.15) is 33.3 Å². The summed E-state index contributed by atoms with van der Waals surface area (Å²) in [7, 11) is 0. The van der Waals surface area contributed by atoms with Gasteiger partial charge in [-0.3, -0.25) is 9.69 Å². The molecule has 1 atom stereocenters. The summed E-state index contributed by atoms with van der Waals surface area (Å²) < 4.78 is 0. The Hall–Kier alpha value is -0.810. The molecule has 0 radical (unpaired) electrons. The molecule has 0 aromatic heterocycles. The number of nitrogens with two attached hydrogens (primary N) is 1. The highest BCUT2D eigenvalue weighted by Gasteiger charge is 2.17. The number of hydrogen-bond acceptors (Lipinski definition) is 3. The zero-order chi connectivity index (χ0) is 15.1. The van der Waals surface area contributed by atoms with Gasteiger partial charge in [0.1, 0.15) is 0 Å². The van der Waals surface area contributed by atoms with Gasteiger partial charge in [0.05, 0.1) is 6.04 Å². The van der Waals surface area contributed by atoms with Crippen molar-refractivity contribution in [2.75, 3.05) is 18.4 Å². The van der Waals surface area contributed by atoms with Gasteiger partial charge in [0.25, 0.3) is 0 Å². The molecule has 3 N–H and O–H groups in total. The van der Waals surface area contributed by atoms with Crippen LogP contribution in [-0.4, -0.2) is 29.9 Å². The van der Waals surface area contributed by atoms with Crippen LogP contribution in [0.25, 0.3) is 0 Å². The Labute approximate surface area is 146 Å². The lowest BCUT2D eigenvalue weighted by molar-refractivity contribution is -0.118. The summed E-state index contributed by atoms with van der Waals surface area (Å²) in [5, 5.41) is 2.89. The van der Waals surface area contributed by atoms with Gasteiger partial charge in [-0.2, -0.15) is 0 Å². The van der Waals surface area contributed by atoms with E-state index in [4.69, 9.17) is 5.73 Å². The summed E-state index contributed by atoms with van der Waals surface area (Å²) in [6.45, 7) is 11.1. The molecule has 1 rings (SSSR count). The number of halogens is 2. The largest absolute Gasteiger partial charge is 0.325 e. The van der Waals surface area contributed by atoms with Crippen molar-refractivity contribution in [1.82, 2.24) is 4.90 Å². The van der Waals surface area contributed by atoms with Gasteiger partial charge < -0.3 is 11.1 Å². The molecule has 0 spiro atoms. The van der Waals surface area contributed by atoms with Crippen LogP contribution in [0, 0.1) is 5.92 Å². The van der Waals surface area contributed by atoms with E-state index in [1.807, 2.05) is 32.0 Å². The number of amides is 1. The van der Waals surface area contributed by atoms with E-state index in [0.29, 0.717) is 0 Å². The molecule has 0 aliphatic carbocycles. The van der Waals surface area contributed by atoms with Gasteiger partial charge in [0, 0.05) is 12.2 Å². The van der Waals surface area contributed by atoms with Crippen LogP contribution in [0.15, 0.2) is 24.3 Å². The minimum absolute atomic E-state index is 0. The lowest BCUT2D eigenvalue weighted by atomic mass is 10.0. The molecule has 0 unspecified atom stereocenters. The Balaban J connectivity index is 0. The number of benzene rings is 1. The van der Waals surface area contributed by atoms with E-state index < -0.39 is 6.04 Å². The minimum Gasteiger partial charge on any atom is -0.325 e. The van der Waals surface area contributed by atoms with Crippen molar-refractivity contribution in [3.63, 3.8) is 0 Å². The van der Waals surface area contributed by atoms with E-state index >= 15 is 0 Å². The highest BCUT2D eigenvalue weighted by Crippen LogP contribution is 2.13. The Morgan fingerprint density at radius 1 is 1.23 bits per heavy atom. The number of nitrogens with one attached hydrogen (secondary N) is 1. The first-order valence-corrected chi connectivity index (χ1v) is 7.35. The molecule has 0 saturated heterocycles. The number of carbonyl (C=O) groups excluding carboxylic acids is 1. The van der Waals surface area contributed by atoms with E-state index in [2.05, 4.69) is 30.1 Å². The molecule has 4 nitrogen and oxygen atoms in total. The van der Waals surface area contributed by atoms with Crippen molar-refractivity contribution in [2.45, 2.75) is 40.3 Å². The van der Waals surface area contributed by atoms with E-state index in [0.717, 1.165) is 25.3 Å². The molecule has 128 valence electrons. The maximum atomic E-state index is 12.0. The highest BCUT2D eigenvalue weighted by atomic mass is 35.5. The highest BCUT2D eigenvalue weighted by molar-refractivity contribution is 5.94. The van der Waals surface area contributed by atoms with Gasteiger partial charge in [0.2, 0.25) is 5.91 Å². The molecule has 0 saturated carbocycles. The first-order valence-electron chi connectivity index (χ1n) is 7.35. The molecule has 0 heterocycles. The van der Waals surface area contributed by atoms with Crippen molar-refractivity contribution in [3.8, 4) is 0 Å². The van der Waals surface area contributed by atoms with Gasteiger partial charge >= 0.3 is 0 Å². The zero-order valence-electron chi connectivity index (χ0n) is 13.8. The first-order chi connectivity index (χ1) is 9.47. The fraction of sp³-hybridized carbons (Fsp3) is 0.562. The van der Waals surface area contributed by atoms with Crippen molar-refractivity contribution >= 4 is 36.4 Å². The molecule has 0 aliphatic rings. The number of rotatable bonds is 7. The smallest absolute Gasteiger partial charge is 0.241 e. The van der Waals surface area contributed by atoms with E-state index in [1.165, 1.54) is 5.56 Å². The molecular formula is C16H29Cl2N3O. The topological polar surface area (TPSA) is 58.4 Å². The van der Waals surface area contributed by atoms with Gasteiger partial charge in [-0.05, 0) is 36.7 Å². The van der Waals surface area contributed by atoms with E-state index in [9.17, 15) is 4.79 Å². The van der Waals surface area contributed by atoms with Crippen LogP contribution >= 0.6 is 24.8 Å². The summed E-state index contributed by atoms with van der Waals surface area (Å²) in [5.41, 5.74) is 7.86. The second-order valence-corrected chi connectivity index (χ2v) is 5.42. The second kappa shape index (κ2) is 11.7. The van der Waals surface area contributed by atoms with Crippen molar-refractivity contribution in [2.24, 2.45) is 11.7 Å². The Morgan fingerprint density at radius 2 is 1.82 bits per heavy atom. The average molecular weight is 350 g/mol. The molecule has 1 aromatic rings. The SMILES string of the molecule is CCN(CC)Cc1cccc(NC(=O)[C@H](N)C(C)C)c1.Cl.Cl. The molecule has 6 heteroatoms. The van der Waals surface area contributed by atoms with E-state index in [1.54, 1.807) is 0 Å². The lowest BCUT2D eigenvalue weighted by Crippen LogP contribution is -2.39. The average Bonchev–Trinajstić information content (AvgIpc) is 2.44. The monoisotopic (exact) mass is 349 g/mol. The molecule has 22 heavy (non-hydrogen) atoms. The van der Waals surface area contributed by atoms with Crippen LogP contribution in [0.2, 0.25) is 0 Å². The second-order valence-electron chi connectivity index (χ2n) is 5.42. The molecule has 0 bridgehead atoms. The minimum atomic E-state index is -0.471. The fourth-order valence-corrected chi connectivity index (χ4v) is 1.98. The lowest BCUT2D eigenvalue weighted by Gasteiger charge is -2.19. The van der Waals surface area contributed by atoms with Crippen molar-refractivity contribution in [1.29, 1.82) is 0 Å². The molecule has 1 amide bonds. The third-order valence-corrected chi connectivity index (χ3v) is 3.52. The van der Waals surface area contributed by atoms with Crippen LogP contribution in [0.4, 0.5) is 5.69 Å². The summed E-state index contributed by atoms with van der Waals surface area (Å²) in [6, 6.07) is 7.49. The van der Waals surface area contributed by atoms with Crippen LogP contribution in [0.5, 0.6) is 0 Å². The standard InChI is InChI=1S/C16H27N3O.2ClH/c1-5-19(6-2)11-13-8-7-9-14(10-13)18-16(20)15(17)12(3)4;;/h7-10,12,15H,5-6,11,17H2,1-4H3,(H,18,20);2*1H/t15-;;/m1../s1. The summed E-state index contributed by atoms with van der Waals surface area (Å²) in [4.78, 5) is 14.3. The third-order valence-electron chi connectivity index (χ3n) is 3.52. The molecular weight excluding hydrogens is 321 g/mol. The Morgan fingerprint density at radius 3 is 2.32 bits per heavy atom. The summed E-state index contributed by atoms with van der Waals surface area (Å²) in [6.07, 6.45) is 0. The van der Waals surface area contributed by atoms with Crippen LogP contribution in [-0.2, 0) is 11.3 Å². The molecule has 0 aliphatic heterocycles. The van der Waals surface area contributed by atoms with Crippen molar-refractivity contribution < 1.29 is 4.79 Å².